The van der Waals surface area contributed by atoms with Crippen molar-refractivity contribution in [2.75, 3.05) is 19.7 Å². The molecule has 1 heterocycles. The minimum absolute atomic E-state index is 0.0568. The summed E-state index contributed by atoms with van der Waals surface area (Å²) < 4.78 is 0. The van der Waals surface area contributed by atoms with Crippen molar-refractivity contribution in [3.63, 3.8) is 0 Å². The lowest BCUT2D eigenvalue weighted by Gasteiger charge is -2.41. The number of primary amides is 1. The van der Waals surface area contributed by atoms with E-state index in [1.807, 2.05) is 0 Å². The Morgan fingerprint density at radius 1 is 1.57 bits per heavy atom. The van der Waals surface area contributed by atoms with E-state index in [2.05, 4.69) is 10.8 Å². The fourth-order valence-corrected chi connectivity index (χ4v) is 1.21. The number of carbonyl (C=O) groups excluding carboxylic acids is 1. The minimum atomic E-state index is -0.915. The van der Waals surface area contributed by atoms with Crippen molar-refractivity contribution in [3.8, 4) is 0 Å². The third-order valence-electron chi connectivity index (χ3n) is 1.92. The first-order valence-corrected chi connectivity index (χ1v) is 4.14. The van der Waals surface area contributed by atoms with Gasteiger partial charge in [0.05, 0.1) is 12.0 Å². The summed E-state index contributed by atoms with van der Waals surface area (Å²) in [5.41, 5.74) is 6.79. The van der Waals surface area contributed by atoms with Crippen LogP contribution in [-0.4, -0.2) is 42.2 Å². The van der Waals surface area contributed by atoms with Gasteiger partial charge in [-0.05, 0) is 0 Å². The number of rotatable bonds is 6. The first-order valence-electron chi connectivity index (χ1n) is 4.14. The van der Waals surface area contributed by atoms with Crippen LogP contribution >= 0.6 is 0 Å². The molecule has 1 aliphatic heterocycles. The number of amides is 1. The summed E-state index contributed by atoms with van der Waals surface area (Å²) in [6.45, 7) is 0.734. The Morgan fingerprint density at radius 2 is 2.21 bits per heavy atom. The van der Waals surface area contributed by atoms with Gasteiger partial charge in [-0.15, -0.1) is 0 Å². The molecule has 0 saturated carbocycles. The zero-order valence-corrected chi connectivity index (χ0v) is 7.58. The molecule has 0 atom stereocenters. The second kappa shape index (κ2) is 4.36. The molecule has 1 fully saturated rings. The molecule has 0 spiro atoms. The maximum atomic E-state index is 10.5. The molecule has 0 unspecified atom stereocenters. The standard InChI is InChI=1S/C7H13N3O4/c8-5(11)2-14-10-7(1-6(12)13)3-9-4-7/h9-10H,1-4H2,(H2,8,11)(H,12,13). The Bertz CT molecular complexity index is 239. The number of hydrogen-bond donors (Lipinski definition) is 4. The third-order valence-corrected chi connectivity index (χ3v) is 1.92. The molecule has 5 N–H and O–H groups in total. The number of aliphatic carboxylic acids is 1. The van der Waals surface area contributed by atoms with E-state index in [4.69, 9.17) is 15.7 Å². The molecule has 0 bridgehead atoms. The predicted octanol–water partition coefficient (Wildman–Crippen LogP) is -2.19. The molecule has 1 saturated heterocycles. The van der Waals surface area contributed by atoms with Crippen LogP contribution in [0.25, 0.3) is 0 Å². The molecule has 1 aliphatic rings. The van der Waals surface area contributed by atoms with E-state index >= 15 is 0 Å². The molecule has 0 aromatic rings. The molecular weight excluding hydrogens is 190 g/mol. The Morgan fingerprint density at radius 3 is 2.57 bits per heavy atom. The van der Waals surface area contributed by atoms with Gasteiger partial charge in [0.1, 0.15) is 6.61 Å². The molecule has 7 heteroatoms. The summed E-state index contributed by atoms with van der Waals surface area (Å²) in [6, 6.07) is 0. The number of nitrogens with one attached hydrogen (secondary N) is 2. The zero-order chi connectivity index (χ0) is 10.6. The first-order chi connectivity index (χ1) is 6.54. The van der Waals surface area contributed by atoms with Crippen molar-refractivity contribution in [3.05, 3.63) is 0 Å². The molecule has 0 aromatic heterocycles. The van der Waals surface area contributed by atoms with E-state index in [0.29, 0.717) is 13.1 Å². The van der Waals surface area contributed by atoms with Gasteiger partial charge in [0, 0.05) is 13.1 Å². The smallest absolute Gasteiger partial charge is 0.305 e. The van der Waals surface area contributed by atoms with Crippen LogP contribution in [0.2, 0.25) is 0 Å². The zero-order valence-electron chi connectivity index (χ0n) is 7.58. The van der Waals surface area contributed by atoms with Gasteiger partial charge >= 0.3 is 5.97 Å². The summed E-state index contributed by atoms with van der Waals surface area (Å²) in [5.74, 6) is -1.52. The van der Waals surface area contributed by atoms with E-state index in [9.17, 15) is 9.59 Å². The van der Waals surface area contributed by atoms with Crippen LogP contribution in [0.4, 0.5) is 0 Å². The van der Waals surface area contributed by atoms with Gasteiger partial charge in [0.2, 0.25) is 5.91 Å². The van der Waals surface area contributed by atoms with Crippen molar-refractivity contribution in [2.24, 2.45) is 5.73 Å². The van der Waals surface area contributed by atoms with Crippen molar-refractivity contribution in [1.29, 1.82) is 0 Å². The number of hydroxylamine groups is 1. The van der Waals surface area contributed by atoms with Gasteiger partial charge in [-0.25, -0.2) is 0 Å². The maximum Gasteiger partial charge on any atom is 0.305 e. The van der Waals surface area contributed by atoms with Crippen molar-refractivity contribution >= 4 is 11.9 Å². The second-order valence-corrected chi connectivity index (χ2v) is 3.31. The number of nitrogens with two attached hydrogens (primary N) is 1. The highest BCUT2D eigenvalue weighted by Gasteiger charge is 2.39. The van der Waals surface area contributed by atoms with E-state index in [1.165, 1.54) is 0 Å². The highest BCUT2D eigenvalue weighted by Crippen LogP contribution is 2.15. The molecule has 7 nitrogen and oxygen atoms in total. The average Bonchev–Trinajstić information content (AvgIpc) is 1.98. The van der Waals surface area contributed by atoms with Crippen LogP contribution in [-0.2, 0) is 14.4 Å². The molecule has 0 radical (unpaired) electrons. The van der Waals surface area contributed by atoms with Crippen LogP contribution in [0.1, 0.15) is 6.42 Å². The predicted molar refractivity (Wildman–Crippen MR) is 46.1 cm³/mol. The fourth-order valence-electron chi connectivity index (χ4n) is 1.21. The monoisotopic (exact) mass is 203 g/mol. The van der Waals surface area contributed by atoms with Gasteiger partial charge in [0.15, 0.2) is 0 Å². The Labute approximate surface area is 80.5 Å². The third kappa shape index (κ3) is 2.95. The van der Waals surface area contributed by atoms with Gasteiger partial charge in [0.25, 0.3) is 0 Å². The Hall–Kier alpha value is -1.18. The average molecular weight is 203 g/mol. The fraction of sp³-hybridized carbons (Fsp3) is 0.714. The summed E-state index contributed by atoms with van der Waals surface area (Å²) >= 11 is 0. The second-order valence-electron chi connectivity index (χ2n) is 3.31. The lowest BCUT2D eigenvalue weighted by atomic mass is 9.90. The van der Waals surface area contributed by atoms with Crippen molar-refractivity contribution in [2.45, 2.75) is 12.0 Å². The van der Waals surface area contributed by atoms with Crippen LogP contribution in [0.15, 0.2) is 0 Å². The van der Waals surface area contributed by atoms with Crippen molar-refractivity contribution < 1.29 is 19.5 Å². The highest BCUT2D eigenvalue weighted by molar-refractivity contribution is 5.75. The van der Waals surface area contributed by atoms with Crippen LogP contribution in [0.5, 0.6) is 0 Å². The minimum Gasteiger partial charge on any atom is -0.481 e. The lowest BCUT2D eigenvalue weighted by Crippen LogP contribution is -2.68. The van der Waals surface area contributed by atoms with Crippen LogP contribution in [0.3, 0.4) is 0 Å². The molecule has 1 rings (SSSR count). The number of carboxylic acids is 1. The van der Waals surface area contributed by atoms with Gasteiger partial charge < -0.3 is 16.2 Å². The van der Waals surface area contributed by atoms with Gasteiger partial charge in [-0.1, -0.05) is 0 Å². The largest absolute Gasteiger partial charge is 0.481 e. The molecule has 0 aliphatic carbocycles. The molecule has 0 aromatic carbocycles. The van der Waals surface area contributed by atoms with E-state index in [-0.39, 0.29) is 13.0 Å². The molecule has 14 heavy (non-hydrogen) atoms. The Balaban J connectivity index is 2.30. The topological polar surface area (TPSA) is 114 Å². The number of carbonyl (C=O) groups is 2. The summed E-state index contributed by atoms with van der Waals surface area (Å²) in [6.07, 6.45) is -0.0568. The lowest BCUT2D eigenvalue weighted by molar-refractivity contribution is -0.143. The molecule has 80 valence electrons. The summed E-state index contributed by atoms with van der Waals surface area (Å²) in [4.78, 5) is 25.6. The SMILES string of the molecule is NC(=O)CONC1(CC(=O)O)CNC1. The van der Waals surface area contributed by atoms with E-state index < -0.39 is 17.4 Å². The number of hydrogen-bond acceptors (Lipinski definition) is 5. The van der Waals surface area contributed by atoms with Crippen LogP contribution in [0, 0.1) is 0 Å². The number of carboxylic acid groups (broad SMARTS) is 1. The quantitative estimate of drug-likeness (QED) is 0.365. The van der Waals surface area contributed by atoms with E-state index in [0.717, 1.165) is 0 Å². The van der Waals surface area contributed by atoms with Gasteiger partial charge in [-0.2, -0.15) is 5.48 Å². The summed E-state index contributed by atoms with van der Waals surface area (Å²) in [5, 5.41) is 11.5. The van der Waals surface area contributed by atoms with E-state index in [1.54, 1.807) is 0 Å². The highest BCUT2D eigenvalue weighted by atomic mass is 16.6. The Kier molecular flexibility index (Phi) is 3.39. The van der Waals surface area contributed by atoms with Gasteiger partial charge in [-0.3, -0.25) is 14.4 Å². The van der Waals surface area contributed by atoms with Crippen molar-refractivity contribution in [1.82, 2.24) is 10.8 Å². The molecule has 1 amide bonds. The van der Waals surface area contributed by atoms with Crippen LogP contribution < -0.4 is 16.5 Å². The molecular formula is C7H13N3O4. The maximum absolute atomic E-state index is 10.5. The summed E-state index contributed by atoms with van der Waals surface area (Å²) in [7, 11) is 0. The first kappa shape index (κ1) is 10.9. The normalized spacial score (nSPS) is 18.6.